The van der Waals surface area contributed by atoms with Crippen LogP contribution in [0.4, 0.5) is 5.82 Å². The van der Waals surface area contributed by atoms with E-state index in [4.69, 9.17) is 21.9 Å². The number of nitrogens with two attached hydrogens (primary N) is 1. The monoisotopic (exact) mass is 525 g/mol. The highest BCUT2D eigenvalue weighted by Gasteiger charge is 2.52. The van der Waals surface area contributed by atoms with Crippen LogP contribution in [0.1, 0.15) is 12.5 Å². The van der Waals surface area contributed by atoms with Gasteiger partial charge in [-0.2, -0.15) is 8.62 Å². The maximum Gasteiger partial charge on any atom is 0.490 e. The molecule has 3 rings (SSSR count). The molecule has 0 spiro atoms. The highest BCUT2D eigenvalue weighted by Crippen LogP contribution is 2.66. The maximum atomic E-state index is 12.1. The van der Waals surface area contributed by atoms with Crippen LogP contribution in [0.15, 0.2) is 24.8 Å². The number of terminal acetylenes is 1. The Morgan fingerprint density at radius 2 is 1.88 bits per heavy atom. The first-order valence-corrected chi connectivity index (χ1v) is 13.2. The molecule has 1 aliphatic carbocycles. The van der Waals surface area contributed by atoms with E-state index < -0.39 is 47.6 Å². The molecule has 2 aromatic rings. The van der Waals surface area contributed by atoms with E-state index in [0.717, 1.165) is 0 Å². The summed E-state index contributed by atoms with van der Waals surface area (Å²) in [5.41, 5.74) is 4.73. The lowest BCUT2D eigenvalue weighted by Crippen LogP contribution is -2.34. The van der Waals surface area contributed by atoms with Gasteiger partial charge in [0.25, 0.3) is 0 Å². The Bertz CT molecular complexity index is 1290. The zero-order valence-electron chi connectivity index (χ0n) is 16.4. The third-order valence-electron chi connectivity index (χ3n) is 4.84. The highest BCUT2D eigenvalue weighted by molar-refractivity contribution is 7.66. The third-order valence-corrected chi connectivity index (χ3v) is 8.62. The van der Waals surface area contributed by atoms with Gasteiger partial charge >= 0.3 is 23.5 Å². The van der Waals surface area contributed by atoms with Crippen LogP contribution in [-0.4, -0.2) is 56.9 Å². The molecule has 1 aliphatic rings. The molecular weight excluding hydrogens is 507 g/mol. The van der Waals surface area contributed by atoms with Crippen LogP contribution < -0.4 is 5.73 Å². The van der Waals surface area contributed by atoms with Gasteiger partial charge in [0, 0.05) is 0 Å². The predicted octanol–water partition coefficient (Wildman–Crippen LogP) is 0.233. The minimum Gasteiger partial charge on any atom is -0.391 e. The lowest BCUT2D eigenvalue weighted by molar-refractivity contribution is 0.0593. The molecule has 1 fully saturated rings. The number of rotatable bonds is 8. The third kappa shape index (κ3) is 5.25. The molecule has 0 aliphatic heterocycles. The summed E-state index contributed by atoms with van der Waals surface area (Å²) in [6.07, 6.45) is 6.73. The second-order valence-corrected chi connectivity index (χ2v) is 11.3. The number of phosphoric ester groups is 1. The van der Waals surface area contributed by atoms with E-state index in [0.29, 0.717) is 5.65 Å². The van der Waals surface area contributed by atoms with E-state index in [1.165, 1.54) is 17.2 Å². The Labute approximate surface area is 185 Å². The molecule has 180 valence electrons. The molecule has 2 heterocycles. The normalized spacial score (nSPS) is 27.2. The molecule has 5 atom stereocenters. The number of nitrogens with zero attached hydrogens (tertiary/aromatic N) is 4. The summed E-state index contributed by atoms with van der Waals surface area (Å²) in [7, 11) is -16.7. The number of aliphatic hydroxyl groups is 1. The molecule has 0 radical (unpaired) electrons. The van der Waals surface area contributed by atoms with Gasteiger partial charge in [-0.1, -0.05) is 12.5 Å². The van der Waals surface area contributed by atoms with Crippen LogP contribution in [0.3, 0.4) is 0 Å². The van der Waals surface area contributed by atoms with Gasteiger partial charge < -0.3 is 35.0 Å². The van der Waals surface area contributed by atoms with Gasteiger partial charge in [0.2, 0.25) is 0 Å². The average molecular weight is 525 g/mol. The first-order chi connectivity index (χ1) is 15.1. The van der Waals surface area contributed by atoms with Crippen molar-refractivity contribution >= 4 is 40.4 Å². The number of hydrogen-bond acceptors (Lipinski definition) is 11. The summed E-state index contributed by atoms with van der Waals surface area (Å²) >= 11 is 0. The van der Waals surface area contributed by atoms with Crippen molar-refractivity contribution in [2.45, 2.75) is 18.6 Å². The van der Waals surface area contributed by atoms with Gasteiger partial charge in [-0.25, -0.2) is 28.6 Å². The smallest absolute Gasteiger partial charge is 0.391 e. The van der Waals surface area contributed by atoms with Gasteiger partial charge in [-0.05, 0) is 12.0 Å². The minimum atomic E-state index is -5.72. The minimum absolute atomic E-state index is 0.0435. The Kier molecular flexibility index (Phi) is 6.73. The van der Waals surface area contributed by atoms with Crippen molar-refractivity contribution < 1.29 is 51.5 Å². The summed E-state index contributed by atoms with van der Waals surface area (Å²) in [5, 5.41) is 10.7. The molecule has 33 heavy (non-hydrogen) atoms. The second kappa shape index (κ2) is 8.66. The number of aromatic nitrogens is 4. The van der Waals surface area contributed by atoms with E-state index in [1.807, 2.05) is 0 Å². The van der Waals surface area contributed by atoms with Crippen molar-refractivity contribution in [2.24, 2.45) is 5.41 Å². The molecule has 1 saturated carbocycles. The van der Waals surface area contributed by atoms with Crippen LogP contribution in [0.5, 0.6) is 0 Å². The molecule has 0 bridgehead atoms. The van der Waals surface area contributed by atoms with E-state index in [1.54, 1.807) is 0 Å². The number of hydrogen-bond donors (Lipinski definition) is 6. The molecule has 0 saturated heterocycles. The Balaban J connectivity index is 1.83. The number of anilines is 1. The molecule has 2 aromatic heterocycles. The lowest BCUT2D eigenvalue weighted by atomic mass is 9.82. The zero-order valence-corrected chi connectivity index (χ0v) is 19.1. The van der Waals surface area contributed by atoms with Crippen molar-refractivity contribution in [3.05, 3.63) is 24.8 Å². The van der Waals surface area contributed by atoms with E-state index in [-0.39, 0.29) is 23.3 Å². The van der Waals surface area contributed by atoms with Gasteiger partial charge in [-0.3, -0.25) is 4.52 Å². The summed E-state index contributed by atoms with van der Waals surface area (Å²) in [4.78, 5) is 48.2. The summed E-state index contributed by atoms with van der Waals surface area (Å²) in [5.74, 6) is 2.37. The molecule has 2 unspecified atom stereocenters. The van der Waals surface area contributed by atoms with Crippen LogP contribution in [0.25, 0.3) is 11.2 Å². The molecular formula is C14H18N5O11P3. The Morgan fingerprint density at radius 1 is 1.21 bits per heavy atom. The summed E-state index contributed by atoms with van der Waals surface area (Å²) in [6.45, 7) is 2.95. The molecule has 7 N–H and O–H groups in total. The largest absolute Gasteiger partial charge is 0.490 e. The number of imidazole rings is 1. The van der Waals surface area contributed by atoms with Gasteiger partial charge in [0.15, 0.2) is 11.5 Å². The Hall–Kier alpha value is -1.98. The number of fused-ring (bicyclic) bond motifs is 1. The first kappa shape index (κ1) is 25.6. The lowest BCUT2D eigenvalue weighted by Gasteiger charge is -2.29. The van der Waals surface area contributed by atoms with Crippen LogP contribution in [0.2, 0.25) is 0 Å². The molecule has 0 amide bonds. The standard InChI is InChI=1S/C14H18N5O11P3/c1-3-14(5-28-32(24,25)30-33(26,27)29-31(21,22)23)8(2)9(4-10(14)20)19-7-18-11-12(15)16-6-17-13(11)19/h1,6-7,9-10,20H,2,4-5H2,(H,24,25)(H,26,27)(H2,15,16,17)(H2,21,22,23)/t9-,10-,14-/m0/s1. The number of aliphatic hydroxyl groups excluding tert-OH is 1. The van der Waals surface area contributed by atoms with Crippen molar-refractivity contribution in [1.82, 2.24) is 19.5 Å². The fraction of sp³-hybridized carbons (Fsp3) is 0.357. The average Bonchev–Trinajstić information content (AvgIpc) is 3.18. The Morgan fingerprint density at radius 3 is 2.48 bits per heavy atom. The van der Waals surface area contributed by atoms with Gasteiger partial charge in [-0.15, -0.1) is 6.42 Å². The predicted molar refractivity (Wildman–Crippen MR) is 110 cm³/mol. The summed E-state index contributed by atoms with van der Waals surface area (Å²) in [6, 6.07) is -0.708. The molecule has 0 aromatic carbocycles. The molecule has 19 heteroatoms. The maximum absolute atomic E-state index is 12.1. The zero-order chi connectivity index (χ0) is 24.8. The molecule has 16 nitrogen and oxygen atoms in total. The summed E-state index contributed by atoms with van der Waals surface area (Å²) < 4.78 is 47.8. The van der Waals surface area contributed by atoms with Crippen LogP contribution >= 0.6 is 23.5 Å². The van der Waals surface area contributed by atoms with Crippen LogP contribution in [-0.2, 0) is 26.8 Å². The highest BCUT2D eigenvalue weighted by atomic mass is 31.3. The first-order valence-electron chi connectivity index (χ1n) is 8.67. The van der Waals surface area contributed by atoms with E-state index in [9.17, 15) is 28.6 Å². The van der Waals surface area contributed by atoms with Crippen molar-refractivity contribution in [1.29, 1.82) is 0 Å². The number of nitrogen functional groups attached to an aromatic ring is 1. The van der Waals surface area contributed by atoms with Crippen molar-refractivity contribution in [3.63, 3.8) is 0 Å². The van der Waals surface area contributed by atoms with Gasteiger partial charge in [0.1, 0.15) is 17.3 Å². The topological polar surface area (TPSA) is 250 Å². The fourth-order valence-electron chi connectivity index (χ4n) is 3.35. The number of phosphoric acid groups is 3. The fourth-order valence-corrected chi connectivity index (χ4v) is 6.41. The SMILES string of the molecule is C#C[C@]1(COP(=O)(O)OP(=O)(O)OP(=O)(O)O)C(=C)[C@@H](n2cnc3c(N)ncnc32)C[C@@H]1O. The quantitative estimate of drug-likeness (QED) is 0.153. The van der Waals surface area contributed by atoms with Crippen molar-refractivity contribution in [3.8, 4) is 12.3 Å². The van der Waals surface area contributed by atoms with E-state index in [2.05, 4.69) is 40.6 Å². The van der Waals surface area contributed by atoms with Crippen LogP contribution in [0, 0.1) is 17.8 Å². The second-order valence-electron chi connectivity index (χ2n) is 6.86. The van der Waals surface area contributed by atoms with E-state index >= 15 is 0 Å². The van der Waals surface area contributed by atoms with Crippen molar-refractivity contribution in [2.75, 3.05) is 12.3 Å². The van der Waals surface area contributed by atoms with Gasteiger partial charge in [0.05, 0.1) is 25.1 Å².